The van der Waals surface area contributed by atoms with Crippen molar-refractivity contribution in [3.8, 4) is 5.75 Å². The van der Waals surface area contributed by atoms with Crippen molar-refractivity contribution in [2.75, 3.05) is 32.1 Å². The Labute approximate surface area is 177 Å². The van der Waals surface area contributed by atoms with E-state index in [0.29, 0.717) is 12.6 Å². The second-order valence-electron chi connectivity index (χ2n) is 6.30. The van der Waals surface area contributed by atoms with E-state index in [-0.39, 0.29) is 24.0 Å². The fourth-order valence-electron chi connectivity index (χ4n) is 3.09. The zero-order chi connectivity index (χ0) is 18.4. The highest BCUT2D eigenvalue weighted by Crippen LogP contribution is 2.24. The number of benzene rings is 1. The topological polar surface area (TPSA) is 74.7 Å². The summed E-state index contributed by atoms with van der Waals surface area (Å²) >= 11 is 0. The molecule has 2 aromatic rings. The lowest BCUT2D eigenvalue weighted by molar-refractivity contribution is 0.415. The lowest BCUT2D eigenvalue weighted by Crippen LogP contribution is -2.44. The SMILES string of the molecule is CN=C(NCc1ccnc(C)n1)NC1CCN(c2cccc(OC)c2)C1.I. The standard InChI is InChI=1S/C19H26N6O.HI/c1-14-21-9-7-15(23-14)12-22-19(20-2)24-16-8-10-25(13-16)17-5-4-6-18(11-17)26-3;/h4-7,9,11,16H,8,10,12-13H2,1-3H3,(H2,20,22,24);1H. The van der Waals surface area contributed by atoms with Gasteiger partial charge in [0.15, 0.2) is 5.96 Å². The molecule has 1 unspecified atom stereocenters. The van der Waals surface area contributed by atoms with Crippen LogP contribution in [0.1, 0.15) is 17.9 Å². The molecule has 2 heterocycles. The van der Waals surface area contributed by atoms with E-state index in [2.05, 4.69) is 42.6 Å². The van der Waals surface area contributed by atoms with E-state index in [4.69, 9.17) is 4.74 Å². The molecule has 8 heteroatoms. The number of aromatic nitrogens is 2. The molecule has 0 bridgehead atoms. The third kappa shape index (κ3) is 5.95. The molecule has 3 rings (SSSR count). The van der Waals surface area contributed by atoms with Crippen LogP contribution in [0.15, 0.2) is 41.5 Å². The summed E-state index contributed by atoms with van der Waals surface area (Å²) in [6.45, 7) is 4.45. The van der Waals surface area contributed by atoms with Crippen LogP contribution in [-0.4, -0.2) is 49.2 Å². The number of ether oxygens (including phenoxy) is 1. The van der Waals surface area contributed by atoms with Crippen molar-refractivity contribution >= 4 is 35.6 Å². The molecule has 2 N–H and O–H groups in total. The first-order chi connectivity index (χ1) is 12.7. The Morgan fingerprint density at radius 1 is 1.37 bits per heavy atom. The number of hydrogen-bond acceptors (Lipinski definition) is 5. The maximum absolute atomic E-state index is 5.32. The molecule has 1 aromatic heterocycles. The van der Waals surface area contributed by atoms with Gasteiger partial charge in [-0.1, -0.05) is 6.07 Å². The maximum atomic E-state index is 5.32. The fourth-order valence-corrected chi connectivity index (χ4v) is 3.09. The van der Waals surface area contributed by atoms with Crippen LogP contribution in [0.3, 0.4) is 0 Å². The molecule has 146 valence electrons. The Kier molecular flexibility index (Phi) is 8.08. The summed E-state index contributed by atoms with van der Waals surface area (Å²) in [4.78, 5) is 15.2. The average molecular weight is 482 g/mol. The maximum Gasteiger partial charge on any atom is 0.191 e. The van der Waals surface area contributed by atoms with Gasteiger partial charge >= 0.3 is 0 Å². The first kappa shape index (κ1) is 21.2. The highest BCUT2D eigenvalue weighted by molar-refractivity contribution is 14.0. The number of methoxy groups -OCH3 is 1. The summed E-state index contributed by atoms with van der Waals surface area (Å²) < 4.78 is 5.32. The quantitative estimate of drug-likeness (QED) is 0.387. The third-order valence-electron chi connectivity index (χ3n) is 4.44. The van der Waals surface area contributed by atoms with Crippen LogP contribution in [-0.2, 0) is 6.54 Å². The van der Waals surface area contributed by atoms with Gasteiger partial charge in [-0.2, -0.15) is 0 Å². The van der Waals surface area contributed by atoms with Crippen LogP contribution in [0, 0.1) is 6.92 Å². The Morgan fingerprint density at radius 2 is 2.22 bits per heavy atom. The third-order valence-corrected chi connectivity index (χ3v) is 4.44. The lowest BCUT2D eigenvalue weighted by atomic mass is 10.2. The molecule has 1 aliphatic heterocycles. The summed E-state index contributed by atoms with van der Waals surface area (Å²) in [6.07, 6.45) is 2.84. The molecular formula is C19H27IN6O. The van der Waals surface area contributed by atoms with Crippen LogP contribution in [0.5, 0.6) is 5.75 Å². The lowest BCUT2D eigenvalue weighted by Gasteiger charge is -2.21. The van der Waals surface area contributed by atoms with Gasteiger partial charge in [-0.3, -0.25) is 4.99 Å². The number of anilines is 1. The minimum absolute atomic E-state index is 0. The molecule has 1 atom stereocenters. The molecule has 0 spiro atoms. The van der Waals surface area contributed by atoms with Crippen molar-refractivity contribution in [3.05, 3.63) is 48.0 Å². The number of rotatable bonds is 5. The molecule has 27 heavy (non-hydrogen) atoms. The van der Waals surface area contributed by atoms with Crippen molar-refractivity contribution in [2.24, 2.45) is 4.99 Å². The normalized spacial score (nSPS) is 16.6. The van der Waals surface area contributed by atoms with E-state index in [0.717, 1.165) is 42.7 Å². The van der Waals surface area contributed by atoms with Crippen molar-refractivity contribution in [3.63, 3.8) is 0 Å². The van der Waals surface area contributed by atoms with Crippen molar-refractivity contribution in [2.45, 2.75) is 25.9 Å². The molecule has 1 saturated heterocycles. The van der Waals surface area contributed by atoms with Gasteiger partial charge in [-0.25, -0.2) is 9.97 Å². The van der Waals surface area contributed by atoms with Crippen molar-refractivity contribution < 1.29 is 4.74 Å². The highest BCUT2D eigenvalue weighted by Gasteiger charge is 2.23. The number of aliphatic imine (C=N–C) groups is 1. The summed E-state index contributed by atoms with van der Waals surface area (Å²) in [5.74, 6) is 2.45. The van der Waals surface area contributed by atoms with Crippen molar-refractivity contribution in [1.82, 2.24) is 20.6 Å². The Morgan fingerprint density at radius 3 is 2.96 bits per heavy atom. The van der Waals surface area contributed by atoms with E-state index >= 15 is 0 Å². The molecule has 0 amide bonds. The van der Waals surface area contributed by atoms with Gasteiger partial charge in [0.05, 0.1) is 19.3 Å². The molecule has 1 fully saturated rings. The summed E-state index contributed by atoms with van der Waals surface area (Å²) in [5.41, 5.74) is 2.14. The van der Waals surface area contributed by atoms with Crippen LogP contribution in [0.25, 0.3) is 0 Å². The molecule has 7 nitrogen and oxygen atoms in total. The zero-order valence-corrected chi connectivity index (χ0v) is 18.3. The number of nitrogens with zero attached hydrogens (tertiary/aromatic N) is 4. The first-order valence-corrected chi connectivity index (χ1v) is 8.82. The van der Waals surface area contributed by atoms with E-state index in [1.165, 1.54) is 5.69 Å². The summed E-state index contributed by atoms with van der Waals surface area (Å²) in [6, 6.07) is 10.4. The first-order valence-electron chi connectivity index (χ1n) is 8.82. The van der Waals surface area contributed by atoms with Crippen molar-refractivity contribution in [1.29, 1.82) is 0 Å². The number of halogens is 1. The van der Waals surface area contributed by atoms with Gasteiger partial charge in [0.25, 0.3) is 0 Å². The predicted octanol–water partition coefficient (Wildman–Crippen LogP) is 2.36. The van der Waals surface area contributed by atoms with Gasteiger partial charge in [0.1, 0.15) is 11.6 Å². The number of hydrogen-bond donors (Lipinski definition) is 2. The van der Waals surface area contributed by atoms with Crippen LogP contribution >= 0.6 is 24.0 Å². The largest absolute Gasteiger partial charge is 0.497 e. The summed E-state index contributed by atoms with van der Waals surface area (Å²) in [5, 5.41) is 6.82. The number of guanidine groups is 1. The Bertz CT molecular complexity index is 769. The molecular weight excluding hydrogens is 455 g/mol. The minimum Gasteiger partial charge on any atom is -0.497 e. The molecule has 0 radical (unpaired) electrons. The zero-order valence-electron chi connectivity index (χ0n) is 16.0. The van der Waals surface area contributed by atoms with Gasteiger partial charge in [0.2, 0.25) is 0 Å². The minimum atomic E-state index is 0. The average Bonchev–Trinajstić information content (AvgIpc) is 3.14. The van der Waals surface area contributed by atoms with Crippen LogP contribution in [0.2, 0.25) is 0 Å². The van der Waals surface area contributed by atoms with Gasteiger partial charge in [0, 0.05) is 44.1 Å². The number of aryl methyl sites for hydroxylation is 1. The summed E-state index contributed by atoms with van der Waals surface area (Å²) in [7, 11) is 3.48. The molecule has 0 saturated carbocycles. The van der Waals surface area contributed by atoms with E-state index in [1.54, 1.807) is 20.4 Å². The van der Waals surface area contributed by atoms with E-state index in [1.807, 2.05) is 25.1 Å². The second-order valence-corrected chi connectivity index (χ2v) is 6.30. The van der Waals surface area contributed by atoms with Gasteiger partial charge < -0.3 is 20.3 Å². The van der Waals surface area contributed by atoms with E-state index in [9.17, 15) is 0 Å². The van der Waals surface area contributed by atoms with E-state index < -0.39 is 0 Å². The smallest absolute Gasteiger partial charge is 0.191 e. The highest BCUT2D eigenvalue weighted by atomic mass is 127. The van der Waals surface area contributed by atoms with Crippen LogP contribution < -0.4 is 20.3 Å². The predicted molar refractivity (Wildman–Crippen MR) is 119 cm³/mol. The monoisotopic (exact) mass is 482 g/mol. The second kappa shape index (κ2) is 10.3. The molecule has 0 aliphatic carbocycles. The van der Waals surface area contributed by atoms with Gasteiger partial charge in [-0.15, -0.1) is 24.0 Å². The molecule has 1 aliphatic rings. The van der Waals surface area contributed by atoms with Crippen LogP contribution in [0.4, 0.5) is 5.69 Å². The Balaban J connectivity index is 0.00000261. The fraction of sp³-hybridized carbons (Fsp3) is 0.421. The molecule has 1 aromatic carbocycles. The van der Waals surface area contributed by atoms with Gasteiger partial charge in [-0.05, 0) is 31.5 Å². The Hall–Kier alpha value is -2.10. The number of nitrogens with one attached hydrogen (secondary N) is 2.